The Bertz CT molecular complexity index is 217. The van der Waals surface area contributed by atoms with Gasteiger partial charge in [0.2, 0.25) is 5.91 Å². The number of rotatable bonds is 7. The molecule has 0 heterocycles. The summed E-state index contributed by atoms with van der Waals surface area (Å²) in [4.78, 5) is 22.1. The molecule has 0 radical (unpaired) electrons. The van der Waals surface area contributed by atoms with Gasteiger partial charge in [0, 0.05) is 13.0 Å². The number of aliphatic carboxylic acids is 1. The molecule has 5 heteroatoms. The first-order valence-electron chi connectivity index (χ1n) is 5.14. The van der Waals surface area contributed by atoms with E-state index in [1.807, 2.05) is 13.8 Å². The molecule has 15 heavy (non-hydrogen) atoms. The van der Waals surface area contributed by atoms with Crippen LogP contribution in [0.3, 0.4) is 0 Å². The van der Waals surface area contributed by atoms with E-state index in [0.717, 1.165) is 0 Å². The van der Waals surface area contributed by atoms with Gasteiger partial charge in [-0.2, -0.15) is 0 Å². The molecule has 1 amide bonds. The van der Waals surface area contributed by atoms with Gasteiger partial charge in [-0.3, -0.25) is 4.79 Å². The van der Waals surface area contributed by atoms with E-state index in [1.54, 1.807) is 7.05 Å². The van der Waals surface area contributed by atoms with Crippen molar-refractivity contribution in [2.75, 3.05) is 13.6 Å². The van der Waals surface area contributed by atoms with Gasteiger partial charge in [0.15, 0.2) is 0 Å². The predicted octanol–water partition coefficient (Wildman–Crippen LogP) is 0.211. The van der Waals surface area contributed by atoms with E-state index >= 15 is 0 Å². The number of hydrogen-bond donors (Lipinski definition) is 3. The minimum absolute atomic E-state index is 0.225. The Morgan fingerprint density at radius 2 is 1.93 bits per heavy atom. The van der Waals surface area contributed by atoms with Crippen molar-refractivity contribution in [1.29, 1.82) is 0 Å². The maximum atomic E-state index is 11.3. The fraction of sp³-hybridized carbons (Fsp3) is 0.800. The first-order valence-corrected chi connectivity index (χ1v) is 5.14. The molecule has 0 aromatic heterocycles. The third-order valence-corrected chi connectivity index (χ3v) is 1.94. The van der Waals surface area contributed by atoms with Crippen molar-refractivity contribution in [3.05, 3.63) is 0 Å². The van der Waals surface area contributed by atoms with Crippen molar-refractivity contribution in [1.82, 2.24) is 10.6 Å². The monoisotopic (exact) mass is 216 g/mol. The molecule has 1 atom stereocenters. The van der Waals surface area contributed by atoms with E-state index in [4.69, 9.17) is 5.11 Å². The fourth-order valence-corrected chi connectivity index (χ4v) is 1.20. The van der Waals surface area contributed by atoms with Crippen molar-refractivity contribution in [2.45, 2.75) is 32.7 Å². The number of carbonyl (C=O) groups excluding carboxylic acids is 1. The summed E-state index contributed by atoms with van der Waals surface area (Å²) in [6.45, 7) is 4.41. The molecular weight excluding hydrogens is 196 g/mol. The van der Waals surface area contributed by atoms with E-state index in [9.17, 15) is 9.59 Å². The van der Waals surface area contributed by atoms with Gasteiger partial charge in [-0.05, 0) is 19.4 Å². The Hall–Kier alpha value is -1.10. The topological polar surface area (TPSA) is 78.4 Å². The average Bonchev–Trinajstić information content (AvgIpc) is 2.12. The van der Waals surface area contributed by atoms with Crippen LogP contribution >= 0.6 is 0 Å². The van der Waals surface area contributed by atoms with Crippen LogP contribution in [0.15, 0.2) is 0 Å². The van der Waals surface area contributed by atoms with Crippen LogP contribution in [0.5, 0.6) is 0 Å². The van der Waals surface area contributed by atoms with Crippen LogP contribution in [0.4, 0.5) is 0 Å². The fourth-order valence-electron chi connectivity index (χ4n) is 1.20. The molecule has 0 bridgehead atoms. The van der Waals surface area contributed by atoms with Crippen molar-refractivity contribution in [3.63, 3.8) is 0 Å². The smallest absolute Gasteiger partial charge is 0.326 e. The Kier molecular flexibility index (Phi) is 6.70. The van der Waals surface area contributed by atoms with Gasteiger partial charge in [-0.1, -0.05) is 13.8 Å². The molecule has 0 saturated heterocycles. The largest absolute Gasteiger partial charge is 0.480 e. The third kappa shape index (κ3) is 6.90. The zero-order chi connectivity index (χ0) is 11.8. The molecular formula is C10H20N2O3. The number of carboxylic acids is 1. The second-order valence-electron chi connectivity index (χ2n) is 3.94. The number of carboxylic acid groups (broad SMARTS) is 1. The highest BCUT2D eigenvalue weighted by Crippen LogP contribution is 2.04. The third-order valence-electron chi connectivity index (χ3n) is 1.94. The molecule has 5 nitrogen and oxygen atoms in total. The molecule has 0 aliphatic heterocycles. The summed E-state index contributed by atoms with van der Waals surface area (Å²) in [6, 6.07) is -0.769. The highest BCUT2D eigenvalue weighted by molar-refractivity contribution is 5.83. The molecule has 0 aromatic carbocycles. The summed E-state index contributed by atoms with van der Waals surface area (Å²) >= 11 is 0. The van der Waals surface area contributed by atoms with Gasteiger partial charge in [0.05, 0.1) is 0 Å². The average molecular weight is 216 g/mol. The summed E-state index contributed by atoms with van der Waals surface area (Å²) in [5, 5.41) is 14.2. The van der Waals surface area contributed by atoms with Crippen LogP contribution in [-0.4, -0.2) is 36.6 Å². The molecule has 0 saturated carbocycles. The van der Waals surface area contributed by atoms with Crippen LogP contribution in [0.2, 0.25) is 0 Å². The van der Waals surface area contributed by atoms with Crippen LogP contribution < -0.4 is 10.6 Å². The zero-order valence-electron chi connectivity index (χ0n) is 9.54. The minimum Gasteiger partial charge on any atom is -0.480 e. The number of nitrogens with one attached hydrogen (secondary N) is 2. The Labute approximate surface area is 90.2 Å². The van der Waals surface area contributed by atoms with Crippen LogP contribution in [0, 0.1) is 5.92 Å². The molecule has 0 fully saturated rings. The standard InChI is InChI=1S/C10H20N2O3/c1-7(2)6-8(10(14)15)12-9(13)4-5-11-3/h7-8,11H,4-6H2,1-3H3,(H,12,13)(H,14,15). The van der Waals surface area contributed by atoms with Gasteiger partial charge in [-0.15, -0.1) is 0 Å². The van der Waals surface area contributed by atoms with Gasteiger partial charge < -0.3 is 15.7 Å². The van der Waals surface area contributed by atoms with Crippen molar-refractivity contribution in [3.8, 4) is 0 Å². The summed E-state index contributed by atoms with van der Waals surface area (Å²) in [7, 11) is 1.75. The maximum absolute atomic E-state index is 11.3. The lowest BCUT2D eigenvalue weighted by Gasteiger charge is -2.16. The molecule has 0 aliphatic rings. The lowest BCUT2D eigenvalue weighted by atomic mass is 10.0. The van der Waals surface area contributed by atoms with Crippen molar-refractivity contribution < 1.29 is 14.7 Å². The number of hydrogen-bond acceptors (Lipinski definition) is 3. The molecule has 0 spiro atoms. The molecule has 3 N–H and O–H groups in total. The van der Waals surface area contributed by atoms with E-state index < -0.39 is 12.0 Å². The quantitative estimate of drug-likeness (QED) is 0.568. The second-order valence-corrected chi connectivity index (χ2v) is 3.94. The molecule has 88 valence electrons. The summed E-state index contributed by atoms with van der Waals surface area (Å²) < 4.78 is 0. The normalized spacial score (nSPS) is 12.5. The number of carbonyl (C=O) groups is 2. The highest BCUT2D eigenvalue weighted by atomic mass is 16.4. The van der Waals surface area contributed by atoms with Gasteiger partial charge in [-0.25, -0.2) is 4.79 Å². The zero-order valence-corrected chi connectivity index (χ0v) is 9.54. The van der Waals surface area contributed by atoms with Crippen LogP contribution in [0.25, 0.3) is 0 Å². The van der Waals surface area contributed by atoms with E-state index in [2.05, 4.69) is 10.6 Å². The Balaban J connectivity index is 4.05. The van der Waals surface area contributed by atoms with E-state index in [0.29, 0.717) is 19.4 Å². The summed E-state index contributed by atoms with van der Waals surface area (Å²) in [5.74, 6) is -0.949. The van der Waals surface area contributed by atoms with E-state index in [-0.39, 0.29) is 11.8 Å². The molecule has 1 unspecified atom stereocenters. The van der Waals surface area contributed by atoms with Crippen LogP contribution in [-0.2, 0) is 9.59 Å². The van der Waals surface area contributed by atoms with E-state index in [1.165, 1.54) is 0 Å². The van der Waals surface area contributed by atoms with Crippen LogP contribution in [0.1, 0.15) is 26.7 Å². The predicted molar refractivity (Wildman–Crippen MR) is 57.6 cm³/mol. The minimum atomic E-state index is -0.971. The highest BCUT2D eigenvalue weighted by Gasteiger charge is 2.20. The molecule has 0 rings (SSSR count). The lowest BCUT2D eigenvalue weighted by molar-refractivity contribution is -0.142. The second kappa shape index (κ2) is 7.23. The summed E-state index contributed by atoms with van der Waals surface area (Å²) in [6.07, 6.45) is 0.763. The molecule has 0 aliphatic carbocycles. The maximum Gasteiger partial charge on any atom is 0.326 e. The molecule has 0 aromatic rings. The SMILES string of the molecule is CNCCC(=O)NC(CC(C)C)C(=O)O. The van der Waals surface area contributed by atoms with Gasteiger partial charge in [0.1, 0.15) is 6.04 Å². The Morgan fingerprint density at radius 1 is 1.33 bits per heavy atom. The number of amides is 1. The first-order chi connectivity index (χ1) is 6.97. The van der Waals surface area contributed by atoms with Gasteiger partial charge in [0.25, 0.3) is 0 Å². The summed E-state index contributed by atoms with van der Waals surface area (Å²) in [5.41, 5.74) is 0. The van der Waals surface area contributed by atoms with Crippen molar-refractivity contribution >= 4 is 11.9 Å². The van der Waals surface area contributed by atoms with Crippen molar-refractivity contribution in [2.24, 2.45) is 5.92 Å². The van der Waals surface area contributed by atoms with Gasteiger partial charge >= 0.3 is 5.97 Å². The first kappa shape index (κ1) is 13.9. The lowest BCUT2D eigenvalue weighted by Crippen LogP contribution is -2.42. The Morgan fingerprint density at radius 3 is 2.33 bits per heavy atom.